The molecular weight excluding hydrogens is 342 g/mol. The van der Waals surface area contributed by atoms with E-state index < -0.39 is 0 Å². The van der Waals surface area contributed by atoms with Crippen LogP contribution in [0, 0.1) is 5.92 Å². The molecule has 1 unspecified atom stereocenters. The summed E-state index contributed by atoms with van der Waals surface area (Å²) >= 11 is 0. The number of nitrogens with zero attached hydrogens (tertiary/aromatic N) is 4. The molecule has 2 aromatic rings. The van der Waals surface area contributed by atoms with Crippen LogP contribution in [0.2, 0.25) is 0 Å². The van der Waals surface area contributed by atoms with Gasteiger partial charge in [0.1, 0.15) is 11.8 Å². The average Bonchev–Trinajstić information content (AvgIpc) is 3.11. The summed E-state index contributed by atoms with van der Waals surface area (Å²) in [5.74, 6) is 0.568. The van der Waals surface area contributed by atoms with E-state index in [1.165, 1.54) is 0 Å². The minimum Gasteiger partial charge on any atom is -0.378 e. The minimum atomic E-state index is -0.110. The van der Waals surface area contributed by atoms with Crippen molar-refractivity contribution in [2.75, 3.05) is 50.8 Å². The summed E-state index contributed by atoms with van der Waals surface area (Å²) in [5.41, 5.74) is 2.85. The molecule has 7 nitrogen and oxygen atoms in total. The molecule has 2 aliphatic heterocycles. The SMILES string of the molecule is CC(C)CCNC(=O)n1cnc2c(N3CCN4CCOCC4C3)cccc21. The first kappa shape index (κ1) is 18.3. The van der Waals surface area contributed by atoms with Crippen LogP contribution in [0.4, 0.5) is 10.5 Å². The summed E-state index contributed by atoms with van der Waals surface area (Å²) in [6.45, 7) is 10.6. The highest BCUT2D eigenvalue weighted by Gasteiger charge is 2.30. The van der Waals surface area contributed by atoms with Crippen molar-refractivity contribution in [3.8, 4) is 0 Å². The van der Waals surface area contributed by atoms with Crippen LogP contribution in [-0.4, -0.2) is 72.5 Å². The lowest BCUT2D eigenvalue weighted by molar-refractivity contribution is -0.0116. The zero-order valence-electron chi connectivity index (χ0n) is 16.2. The zero-order chi connectivity index (χ0) is 18.8. The molecule has 4 rings (SSSR count). The predicted octanol–water partition coefficient (Wildman–Crippen LogP) is 2.16. The van der Waals surface area contributed by atoms with E-state index in [2.05, 4.69) is 40.0 Å². The van der Waals surface area contributed by atoms with Crippen molar-refractivity contribution in [2.45, 2.75) is 26.3 Å². The molecule has 1 aromatic heterocycles. The summed E-state index contributed by atoms with van der Waals surface area (Å²) < 4.78 is 7.28. The molecule has 146 valence electrons. The zero-order valence-corrected chi connectivity index (χ0v) is 16.2. The van der Waals surface area contributed by atoms with Gasteiger partial charge in [-0.15, -0.1) is 0 Å². The molecule has 1 N–H and O–H groups in total. The van der Waals surface area contributed by atoms with Crippen LogP contribution < -0.4 is 10.2 Å². The molecule has 1 aromatic carbocycles. The number of imidazole rings is 1. The van der Waals surface area contributed by atoms with E-state index in [4.69, 9.17) is 4.74 Å². The number of carbonyl (C=O) groups is 1. The second-order valence-corrected chi connectivity index (χ2v) is 7.88. The number of piperazine rings is 1. The molecule has 2 saturated heterocycles. The highest BCUT2D eigenvalue weighted by Crippen LogP contribution is 2.28. The molecule has 0 saturated carbocycles. The van der Waals surface area contributed by atoms with E-state index in [1.807, 2.05) is 12.1 Å². The number of amides is 1. The molecule has 0 spiro atoms. The monoisotopic (exact) mass is 371 g/mol. The number of para-hydroxylation sites is 1. The van der Waals surface area contributed by atoms with Gasteiger partial charge >= 0.3 is 6.03 Å². The predicted molar refractivity (Wildman–Crippen MR) is 106 cm³/mol. The van der Waals surface area contributed by atoms with Crippen molar-refractivity contribution in [1.82, 2.24) is 19.8 Å². The Morgan fingerprint density at radius 1 is 1.33 bits per heavy atom. The van der Waals surface area contributed by atoms with Gasteiger partial charge < -0.3 is 15.0 Å². The Morgan fingerprint density at radius 3 is 3.07 bits per heavy atom. The maximum Gasteiger partial charge on any atom is 0.327 e. The Bertz CT molecular complexity index is 803. The number of benzene rings is 1. The van der Waals surface area contributed by atoms with E-state index in [9.17, 15) is 4.79 Å². The van der Waals surface area contributed by atoms with E-state index in [0.717, 1.165) is 62.5 Å². The van der Waals surface area contributed by atoms with Gasteiger partial charge in [0.25, 0.3) is 0 Å². The normalized spacial score (nSPS) is 20.9. The highest BCUT2D eigenvalue weighted by atomic mass is 16.5. The van der Waals surface area contributed by atoms with E-state index >= 15 is 0 Å². The lowest BCUT2D eigenvalue weighted by atomic mass is 10.1. The summed E-state index contributed by atoms with van der Waals surface area (Å²) in [6, 6.07) is 6.41. The van der Waals surface area contributed by atoms with Gasteiger partial charge in [-0.25, -0.2) is 9.78 Å². The number of morpholine rings is 1. The fraction of sp³-hybridized carbons (Fsp3) is 0.600. The standard InChI is InChI=1S/C20H29N5O2/c1-15(2)6-7-21-20(26)25-14-22-19-17(4-3-5-18(19)25)24-9-8-23-10-11-27-13-16(23)12-24/h3-5,14-16H,6-13H2,1-2H3,(H,21,26). The minimum absolute atomic E-state index is 0.110. The third kappa shape index (κ3) is 3.80. The Hall–Kier alpha value is -2.12. The summed E-state index contributed by atoms with van der Waals surface area (Å²) in [5, 5.41) is 2.99. The van der Waals surface area contributed by atoms with Crippen molar-refractivity contribution >= 4 is 22.8 Å². The number of hydrogen-bond acceptors (Lipinski definition) is 5. The number of ether oxygens (including phenoxy) is 1. The maximum absolute atomic E-state index is 12.6. The lowest BCUT2D eigenvalue weighted by Gasteiger charge is -2.44. The lowest BCUT2D eigenvalue weighted by Crippen LogP contribution is -2.58. The van der Waals surface area contributed by atoms with Crippen LogP contribution in [0.25, 0.3) is 11.0 Å². The Kier molecular flexibility index (Phi) is 5.31. The van der Waals surface area contributed by atoms with Crippen molar-refractivity contribution in [2.24, 2.45) is 5.92 Å². The quantitative estimate of drug-likeness (QED) is 0.892. The van der Waals surface area contributed by atoms with Crippen LogP contribution in [0.3, 0.4) is 0 Å². The van der Waals surface area contributed by atoms with Crippen molar-refractivity contribution < 1.29 is 9.53 Å². The van der Waals surface area contributed by atoms with Gasteiger partial charge in [-0.2, -0.15) is 0 Å². The van der Waals surface area contributed by atoms with Crippen molar-refractivity contribution in [3.05, 3.63) is 24.5 Å². The van der Waals surface area contributed by atoms with Crippen LogP contribution in [0.5, 0.6) is 0 Å². The maximum atomic E-state index is 12.6. The van der Waals surface area contributed by atoms with Gasteiger partial charge in [-0.05, 0) is 24.5 Å². The third-order valence-electron chi connectivity index (χ3n) is 5.55. The third-order valence-corrected chi connectivity index (χ3v) is 5.55. The molecule has 1 amide bonds. The largest absolute Gasteiger partial charge is 0.378 e. The van der Waals surface area contributed by atoms with Crippen LogP contribution >= 0.6 is 0 Å². The second kappa shape index (κ2) is 7.86. The number of hydrogen-bond donors (Lipinski definition) is 1. The Balaban J connectivity index is 1.53. The smallest absolute Gasteiger partial charge is 0.327 e. The van der Waals surface area contributed by atoms with Crippen LogP contribution in [0.1, 0.15) is 20.3 Å². The second-order valence-electron chi connectivity index (χ2n) is 7.88. The number of fused-ring (bicyclic) bond motifs is 2. The summed E-state index contributed by atoms with van der Waals surface area (Å²) in [4.78, 5) is 22.0. The van der Waals surface area contributed by atoms with E-state index in [1.54, 1.807) is 10.9 Å². The van der Waals surface area contributed by atoms with Gasteiger partial charge in [0, 0.05) is 32.7 Å². The first-order valence-corrected chi connectivity index (χ1v) is 9.94. The molecule has 0 bridgehead atoms. The van der Waals surface area contributed by atoms with E-state index in [-0.39, 0.29) is 6.03 Å². The first-order chi connectivity index (χ1) is 13.1. The van der Waals surface area contributed by atoms with Crippen molar-refractivity contribution in [3.63, 3.8) is 0 Å². The van der Waals surface area contributed by atoms with Gasteiger partial charge in [0.15, 0.2) is 0 Å². The number of anilines is 1. The fourth-order valence-electron chi connectivity index (χ4n) is 3.96. The summed E-state index contributed by atoms with van der Waals surface area (Å²) in [6.07, 6.45) is 2.61. The number of rotatable bonds is 4. The molecule has 7 heteroatoms. The first-order valence-electron chi connectivity index (χ1n) is 9.94. The molecule has 2 fully saturated rings. The fourth-order valence-corrected chi connectivity index (χ4v) is 3.96. The van der Waals surface area contributed by atoms with Crippen LogP contribution in [-0.2, 0) is 4.74 Å². The Labute approximate surface area is 160 Å². The topological polar surface area (TPSA) is 62.6 Å². The van der Waals surface area contributed by atoms with E-state index in [0.29, 0.717) is 18.5 Å². The molecular formula is C20H29N5O2. The Morgan fingerprint density at radius 2 is 2.22 bits per heavy atom. The molecule has 0 radical (unpaired) electrons. The van der Waals surface area contributed by atoms with Gasteiger partial charge in [-0.3, -0.25) is 9.47 Å². The highest BCUT2D eigenvalue weighted by molar-refractivity contribution is 5.95. The van der Waals surface area contributed by atoms with Crippen molar-refractivity contribution in [1.29, 1.82) is 0 Å². The number of aromatic nitrogens is 2. The summed E-state index contributed by atoms with van der Waals surface area (Å²) in [7, 11) is 0. The van der Waals surface area contributed by atoms with Crippen LogP contribution in [0.15, 0.2) is 24.5 Å². The molecule has 2 aliphatic rings. The van der Waals surface area contributed by atoms with Gasteiger partial charge in [0.05, 0.1) is 30.5 Å². The molecule has 0 aliphatic carbocycles. The number of carbonyl (C=O) groups excluding carboxylic acids is 1. The van der Waals surface area contributed by atoms with Gasteiger partial charge in [-0.1, -0.05) is 19.9 Å². The number of nitrogens with one attached hydrogen (secondary N) is 1. The molecule has 27 heavy (non-hydrogen) atoms. The van der Waals surface area contributed by atoms with Gasteiger partial charge in [0.2, 0.25) is 0 Å². The average molecular weight is 371 g/mol. The molecule has 1 atom stereocenters. The molecule has 3 heterocycles.